The van der Waals surface area contributed by atoms with Gasteiger partial charge in [0, 0.05) is 11.7 Å². The summed E-state index contributed by atoms with van der Waals surface area (Å²) in [5.41, 5.74) is 0.881. The van der Waals surface area contributed by atoms with Gasteiger partial charge in [0.1, 0.15) is 11.9 Å². The minimum absolute atomic E-state index is 0.103. The van der Waals surface area contributed by atoms with Gasteiger partial charge >= 0.3 is 0 Å². The first-order chi connectivity index (χ1) is 8.65. The lowest BCUT2D eigenvalue weighted by Crippen LogP contribution is -2.24. The molecule has 1 N–H and O–H groups in total. The second-order valence-electron chi connectivity index (χ2n) is 5.16. The fourth-order valence-corrected chi connectivity index (χ4v) is 2.94. The highest BCUT2D eigenvalue weighted by atomic mass is 19.1. The van der Waals surface area contributed by atoms with E-state index >= 15 is 0 Å². The Bertz CT molecular complexity index is 464. The van der Waals surface area contributed by atoms with E-state index in [1.165, 1.54) is 25.0 Å². The number of benzene rings is 1. The number of nitrogens with zero attached hydrogens (tertiary/aromatic N) is 1. The lowest BCUT2D eigenvalue weighted by Gasteiger charge is -2.22. The summed E-state index contributed by atoms with van der Waals surface area (Å²) < 4.78 is 13.5. The molecule has 3 unspecified atom stereocenters. The predicted molar refractivity (Wildman–Crippen MR) is 70.7 cm³/mol. The molecule has 1 aliphatic carbocycles. The molecule has 1 aromatic carbocycles. The summed E-state index contributed by atoms with van der Waals surface area (Å²) in [6.07, 6.45) is 3.59. The minimum atomic E-state index is -0.444. The van der Waals surface area contributed by atoms with Gasteiger partial charge in [-0.05, 0) is 42.9 Å². The van der Waals surface area contributed by atoms with Gasteiger partial charge in [-0.3, -0.25) is 0 Å². The average Bonchev–Trinajstić information content (AvgIpc) is 2.71. The van der Waals surface area contributed by atoms with Crippen molar-refractivity contribution in [2.75, 3.05) is 5.32 Å². The fraction of sp³-hybridized carbons (Fsp3) is 0.533. The standard InChI is InChI=1S/C15H19FN2/c1-3-11-5-7-15(10(11)2)18-13-6-4-12(9-17)14(16)8-13/h4,6,8,10-11,15,18H,3,5,7H2,1-2H3. The molecule has 3 atom stereocenters. The van der Waals surface area contributed by atoms with Crippen molar-refractivity contribution in [2.45, 2.75) is 39.2 Å². The second-order valence-corrected chi connectivity index (χ2v) is 5.16. The lowest BCUT2D eigenvalue weighted by atomic mass is 9.93. The van der Waals surface area contributed by atoms with Crippen LogP contribution >= 0.6 is 0 Å². The van der Waals surface area contributed by atoms with E-state index in [-0.39, 0.29) is 5.56 Å². The highest BCUT2D eigenvalue weighted by molar-refractivity contribution is 5.49. The van der Waals surface area contributed by atoms with Crippen LogP contribution in [0, 0.1) is 29.0 Å². The molecule has 0 saturated heterocycles. The van der Waals surface area contributed by atoms with Crippen LogP contribution in [0.5, 0.6) is 0 Å². The molecule has 1 aliphatic rings. The molecular weight excluding hydrogens is 227 g/mol. The van der Waals surface area contributed by atoms with Crippen molar-refractivity contribution < 1.29 is 4.39 Å². The summed E-state index contributed by atoms with van der Waals surface area (Å²) >= 11 is 0. The Balaban J connectivity index is 2.07. The first-order valence-corrected chi connectivity index (χ1v) is 6.62. The van der Waals surface area contributed by atoms with E-state index in [9.17, 15) is 4.39 Å². The molecule has 0 heterocycles. The predicted octanol–water partition coefficient (Wildman–Crippen LogP) is 3.93. The van der Waals surface area contributed by atoms with Gasteiger partial charge in [-0.1, -0.05) is 20.3 Å². The van der Waals surface area contributed by atoms with Gasteiger partial charge in [-0.25, -0.2) is 4.39 Å². The molecule has 0 aliphatic heterocycles. The SMILES string of the molecule is CCC1CCC(Nc2ccc(C#N)c(F)c2)C1C. The summed E-state index contributed by atoms with van der Waals surface area (Å²) in [7, 11) is 0. The quantitative estimate of drug-likeness (QED) is 0.877. The maximum atomic E-state index is 13.5. The Hall–Kier alpha value is -1.56. The van der Waals surface area contributed by atoms with E-state index in [1.807, 2.05) is 6.07 Å². The lowest BCUT2D eigenvalue weighted by molar-refractivity contribution is 0.392. The van der Waals surface area contributed by atoms with E-state index in [0.29, 0.717) is 12.0 Å². The van der Waals surface area contributed by atoms with Crippen LogP contribution in [-0.4, -0.2) is 6.04 Å². The van der Waals surface area contributed by atoms with Gasteiger partial charge in [0.25, 0.3) is 0 Å². The normalized spacial score (nSPS) is 26.9. The molecule has 0 bridgehead atoms. The van der Waals surface area contributed by atoms with E-state index in [0.717, 1.165) is 18.0 Å². The molecule has 0 radical (unpaired) electrons. The van der Waals surface area contributed by atoms with Crippen molar-refractivity contribution >= 4 is 5.69 Å². The summed E-state index contributed by atoms with van der Waals surface area (Å²) in [5.74, 6) is 0.944. The third-order valence-electron chi connectivity index (χ3n) is 4.19. The molecular formula is C15H19FN2. The summed E-state index contributed by atoms with van der Waals surface area (Å²) in [4.78, 5) is 0. The van der Waals surface area contributed by atoms with Crippen molar-refractivity contribution in [3.63, 3.8) is 0 Å². The monoisotopic (exact) mass is 246 g/mol. The van der Waals surface area contributed by atoms with Crippen LogP contribution in [0.15, 0.2) is 18.2 Å². The largest absolute Gasteiger partial charge is 0.382 e. The van der Waals surface area contributed by atoms with Gasteiger partial charge in [-0.2, -0.15) is 5.26 Å². The number of hydrogen-bond donors (Lipinski definition) is 1. The fourth-order valence-electron chi connectivity index (χ4n) is 2.94. The molecule has 18 heavy (non-hydrogen) atoms. The van der Waals surface area contributed by atoms with Gasteiger partial charge in [0.2, 0.25) is 0 Å². The van der Waals surface area contributed by atoms with Crippen molar-refractivity contribution in [1.82, 2.24) is 0 Å². The van der Waals surface area contributed by atoms with Crippen LogP contribution in [-0.2, 0) is 0 Å². The maximum Gasteiger partial charge on any atom is 0.143 e. The molecule has 0 amide bonds. The van der Waals surface area contributed by atoms with E-state index in [1.54, 1.807) is 6.07 Å². The zero-order chi connectivity index (χ0) is 13.1. The van der Waals surface area contributed by atoms with Crippen LogP contribution in [0.1, 0.15) is 38.7 Å². The molecule has 0 spiro atoms. The van der Waals surface area contributed by atoms with Gasteiger partial charge in [0.05, 0.1) is 5.56 Å². The first-order valence-electron chi connectivity index (χ1n) is 6.62. The molecule has 2 nitrogen and oxygen atoms in total. The zero-order valence-electron chi connectivity index (χ0n) is 10.9. The topological polar surface area (TPSA) is 35.8 Å². The molecule has 2 rings (SSSR count). The minimum Gasteiger partial charge on any atom is -0.382 e. The molecule has 1 saturated carbocycles. The number of halogens is 1. The molecule has 1 fully saturated rings. The van der Waals surface area contributed by atoms with Crippen LogP contribution in [0.2, 0.25) is 0 Å². The smallest absolute Gasteiger partial charge is 0.143 e. The van der Waals surface area contributed by atoms with Crippen LogP contribution in [0.3, 0.4) is 0 Å². The van der Waals surface area contributed by atoms with Gasteiger partial charge in [-0.15, -0.1) is 0 Å². The third-order valence-corrected chi connectivity index (χ3v) is 4.19. The number of nitrogens with one attached hydrogen (secondary N) is 1. The van der Waals surface area contributed by atoms with Crippen molar-refractivity contribution in [2.24, 2.45) is 11.8 Å². The summed E-state index contributed by atoms with van der Waals surface area (Å²) in [6.45, 7) is 4.49. The Kier molecular flexibility index (Phi) is 3.86. The second kappa shape index (κ2) is 5.39. The van der Waals surface area contributed by atoms with Crippen molar-refractivity contribution in [3.8, 4) is 6.07 Å². The van der Waals surface area contributed by atoms with Crippen LogP contribution in [0.4, 0.5) is 10.1 Å². The Morgan fingerprint density at radius 3 is 2.78 bits per heavy atom. The first kappa shape index (κ1) is 12.9. The highest BCUT2D eigenvalue weighted by Gasteiger charge is 2.31. The summed E-state index contributed by atoms with van der Waals surface area (Å²) in [6, 6.07) is 7.00. The van der Waals surface area contributed by atoms with E-state index in [4.69, 9.17) is 5.26 Å². The van der Waals surface area contributed by atoms with Gasteiger partial charge in [0.15, 0.2) is 0 Å². The van der Waals surface area contributed by atoms with E-state index in [2.05, 4.69) is 19.2 Å². The van der Waals surface area contributed by atoms with E-state index < -0.39 is 5.82 Å². The molecule has 0 aromatic heterocycles. The number of hydrogen-bond acceptors (Lipinski definition) is 2. The highest BCUT2D eigenvalue weighted by Crippen LogP contribution is 2.35. The Morgan fingerprint density at radius 2 is 2.22 bits per heavy atom. The molecule has 3 heteroatoms. The molecule has 96 valence electrons. The van der Waals surface area contributed by atoms with Crippen molar-refractivity contribution in [3.05, 3.63) is 29.6 Å². The number of nitriles is 1. The van der Waals surface area contributed by atoms with Gasteiger partial charge < -0.3 is 5.32 Å². The number of rotatable bonds is 3. The van der Waals surface area contributed by atoms with Crippen LogP contribution in [0.25, 0.3) is 0 Å². The van der Waals surface area contributed by atoms with Crippen LogP contribution < -0.4 is 5.32 Å². The summed E-state index contributed by atoms with van der Waals surface area (Å²) in [5, 5.41) is 12.1. The Morgan fingerprint density at radius 1 is 1.44 bits per heavy atom. The third kappa shape index (κ3) is 2.48. The number of anilines is 1. The zero-order valence-corrected chi connectivity index (χ0v) is 10.9. The average molecular weight is 246 g/mol. The molecule has 1 aromatic rings. The Labute approximate surface area is 108 Å². The van der Waals surface area contributed by atoms with Crippen molar-refractivity contribution in [1.29, 1.82) is 5.26 Å². The maximum absolute atomic E-state index is 13.5.